The molecule has 0 aliphatic carbocycles. The fourth-order valence-corrected chi connectivity index (χ4v) is 2.30. The monoisotopic (exact) mass is 310 g/mol. The fraction of sp³-hybridized carbons (Fsp3) is 0.167. The SMILES string of the molecule is COc1ccc(Oc2ccc(C(C)(O)c3ncc[nH]3)cc2)cc1. The van der Waals surface area contributed by atoms with E-state index in [1.807, 2.05) is 48.5 Å². The molecule has 0 bridgehead atoms. The minimum atomic E-state index is -1.18. The minimum absolute atomic E-state index is 0.501. The normalized spacial score (nSPS) is 13.3. The maximum atomic E-state index is 10.6. The van der Waals surface area contributed by atoms with Gasteiger partial charge in [-0.1, -0.05) is 12.1 Å². The zero-order valence-electron chi connectivity index (χ0n) is 13.0. The van der Waals surface area contributed by atoms with Gasteiger partial charge in [-0.05, 0) is 48.9 Å². The Bertz CT molecular complexity index is 748. The first-order valence-corrected chi connectivity index (χ1v) is 7.24. The van der Waals surface area contributed by atoms with Crippen molar-refractivity contribution in [3.05, 3.63) is 72.3 Å². The summed E-state index contributed by atoms with van der Waals surface area (Å²) in [6.07, 6.45) is 3.30. The van der Waals surface area contributed by atoms with E-state index in [9.17, 15) is 5.11 Å². The molecule has 5 heteroatoms. The van der Waals surface area contributed by atoms with Crippen molar-refractivity contribution in [2.45, 2.75) is 12.5 Å². The van der Waals surface area contributed by atoms with Crippen molar-refractivity contribution in [1.29, 1.82) is 0 Å². The third kappa shape index (κ3) is 3.19. The largest absolute Gasteiger partial charge is 0.497 e. The molecule has 1 aromatic heterocycles. The van der Waals surface area contributed by atoms with E-state index in [0.29, 0.717) is 11.6 Å². The van der Waals surface area contributed by atoms with Crippen molar-refractivity contribution in [1.82, 2.24) is 9.97 Å². The number of methoxy groups -OCH3 is 1. The van der Waals surface area contributed by atoms with Gasteiger partial charge in [0, 0.05) is 12.4 Å². The van der Waals surface area contributed by atoms with Gasteiger partial charge in [0.2, 0.25) is 0 Å². The fourth-order valence-electron chi connectivity index (χ4n) is 2.30. The van der Waals surface area contributed by atoms with Crippen LogP contribution in [0, 0.1) is 0 Å². The summed E-state index contributed by atoms with van der Waals surface area (Å²) in [5.41, 5.74) is -0.447. The van der Waals surface area contributed by atoms with Crippen LogP contribution in [0.2, 0.25) is 0 Å². The van der Waals surface area contributed by atoms with Crippen LogP contribution >= 0.6 is 0 Å². The number of ether oxygens (including phenoxy) is 2. The number of aliphatic hydroxyl groups is 1. The highest BCUT2D eigenvalue weighted by molar-refractivity contribution is 5.38. The Morgan fingerprint density at radius 2 is 1.52 bits per heavy atom. The summed E-state index contributed by atoms with van der Waals surface area (Å²) in [5, 5.41) is 10.6. The van der Waals surface area contributed by atoms with Crippen molar-refractivity contribution in [2.75, 3.05) is 7.11 Å². The van der Waals surface area contributed by atoms with Crippen LogP contribution in [0.4, 0.5) is 0 Å². The topological polar surface area (TPSA) is 67.4 Å². The number of benzene rings is 2. The number of imidazole rings is 1. The molecule has 0 fully saturated rings. The van der Waals surface area contributed by atoms with Gasteiger partial charge in [-0.15, -0.1) is 0 Å². The molecule has 23 heavy (non-hydrogen) atoms. The summed E-state index contributed by atoms with van der Waals surface area (Å²) in [6.45, 7) is 1.70. The summed E-state index contributed by atoms with van der Waals surface area (Å²) in [6, 6.07) is 14.6. The second kappa shape index (κ2) is 6.14. The van der Waals surface area contributed by atoms with Crippen LogP contribution in [0.15, 0.2) is 60.9 Å². The van der Waals surface area contributed by atoms with Gasteiger partial charge in [-0.25, -0.2) is 4.98 Å². The van der Waals surface area contributed by atoms with Crippen molar-refractivity contribution in [3.8, 4) is 17.2 Å². The van der Waals surface area contributed by atoms with Crippen molar-refractivity contribution < 1.29 is 14.6 Å². The van der Waals surface area contributed by atoms with Gasteiger partial charge in [0.15, 0.2) is 0 Å². The molecule has 0 amide bonds. The zero-order chi connectivity index (χ0) is 16.3. The minimum Gasteiger partial charge on any atom is -0.497 e. The summed E-state index contributed by atoms with van der Waals surface area (Å²) in [7, 11) is 1.62. The lowest BCUT2D eigenvalue weighted by atomic mass is 9.95. The van der Waals surface area contributed by atoms with Crippen molar-refractivity contribution in [3.63, 3.8) is 0 Å². The molecule has 0 saturated carbocycles. The standard InChI is InChI=1S/C18H18N2O3/c1-18(21,17-19-11-12-20-17)13-3-5-15(6-4-13)23-16-9-7-14(22-2)8-10-16/h3-12,21H,1-2H3,(H,19,20). The van der Waals surface area contributed by atoms with E-state index >= 15 is 0 Å². The van der Waals surface area contributed by atoms with Crippen LogP contribution in [-0.4, -0.2) is 22.2 Å². The lowest BCUT2D eigenvalue weighted by molar-refractivity contribution is 0.0931. The number of nitrogens with one attached hydrogen (secondary N) is 1. The zero-order valence-corrected chi connectivity index (χ0v) is 13.0. The molecule has 5 nitrogen and oxygen atoms in total. The van der Waals surface area contributed by atoms with Crippen LogP contribution < -0.4 is 9.47 Å². The first-order chi connectivity index (χ1) is 11.1. The van der Waals surface area contributed by atoms with E-state index in [-0.39, 0.29) is 0 Å². The number of H-pyrrole nitrogens is 1. The Balaban J connectivity index is 1.76. The Labute approximate surface area is 134 Å². The third-order valence-corrected chi connectivity index (χ3v) is 3.67. The smallest absolute Gasteiger partial charge is 0.144 e. The van der Waals surface area contributed by atoms with E-state index in [4.69, 9.17) is 9.47 Å². The summed E-state index contributed by atoms with van der Waals surface area (Å²) in [5.74, 6) is 2.69. The predicted molar refractivity (Wildman–Crippen MR) is 86.8 cm³/mol. The summed E-state index contributed by atoms with van der Waals surface area (Å²) < 4.78 is 10.9. The van der Waals surface area contributed by atoms with E-state index in [1.54, 1.807) is 26.4 Å². The molecule has 0 radical (unpaired) electrons. The molecule has 2 N–H and O–H groups in total. The van der Waals surface area contributed by atoms with Gasteiger partial charge in [0.05, 0.1) is 7.11 Å². The van der Waals surface area contributed by atoms with Crippen molar-refractivity contribution in [2.24, 2.45) is 0 Å². The molecule has 1 atom stereocenters. The molecular weight excluding hydrogens is 292 g/mol. The van der Waals surface area contributed by atoms with Crippen LogP contribution in [0.5, 0.6) is 17.2 Å². The van der Waals surface area contributed by atoms with Crippen LogP contribution in [0.1, 0.15) is 18.3 Å². The second-order valence-corrected chi connectivity index (χ2v) is 5.31. The van der Waals surface area contributed by atoms with Crippen LogP contribution in [-0.2, 0) is 5.60 Å². The average molecular weight is 310 g/mol. The molecule has 0 spiro atoms. The van der Waals surface area contributed by atoms with Gasteiger partial charge in [-0.2, -0.15) is 0 Å². The second-order valence-electron chi connectivity index (χ2n) is 5.31. The molecule has 0 saturated heterocycles. The lowest BCUT2D eigenvalue weighted by Crippen LogP contribution is -2.24. The van der Waals surface area contributed by atoms with E-state index in [0.717, 1.165) is 17.1 Å². The van der Waals surface area contributed by atoms with Crippen LogP contribution in [0.3, 0.4) is 0 Å². The maximum absolute atomic E-state index is 10.6. The Morgan fingerprint density at radius 1 is 0.957 bits per heavy atom. The number of hydrogen-bond acceptors (Lipinski definition) is 4. The molecular formula is C18H18N2O3. The molecule has 0 aliphatic heterocycles. The Hall–Kier alpha value is -2.79. The van der Waals surface area contributed by atoms with Crippen LogP contribution in [0.25, 0.3) is 0 Å². The van der Waals surface area contributed by atoms with Gasteiger partial charge < -0.3 is 19.6 Å². The highest BCUT2D eigenvalue weighted by Gasteiger charge is 2.28. The van der Waals surface area contributed by atoms with Gasteiger partial charge in [-0.3, -0.25) is 0 Å². The third-order valence-electron chi connectivity index (χ3n) is 3.67. The molecule has 3 rings (SSSR count). The first-order valence-electron chi connectivity index (χ1n) is 7.24. The van der Waals surface area contributed by atoms with E-state index in [1.165, 1.54) is 0 Å². The Kier molecular flexibility index (Phi) is 4.04. The molecule has 2 aromatic carbocycles. The predicted octanol–water partition coefficient (Wildman–Crippen LogP) is 3.47. The quantitative estimate of drug-likeness (QED) is 0.757. The summed E-state index contributed by atoms with van der Waals surface area (Å²) in [4.78, 5) is 7.06. The Morgan fingerprint density at radius 3 is 2.04 bits per heavy atom. The highest BCUT2D eigenvalue weighted by atomic mass is 16.5. The average Bonchev–Trinajstić information content (AvgIpc) is 3.11. The van der Waals surface area contributed by atoms with Gasteiger partial charge >= 0.3 is 0 Å². The van der Waals surface area contributed by atoms with Crippen molar-refractivity contribution >= 4 is 0 Å². The summed E-state index contributed by atoms with van der Waals surface area (Å²) >= 11 is 0. The number of aromatic nitrogens is 2. The molecule has 118 valence electrons. The molecule has 3 aromatic rings. The van der Waals surface area contributed by atoms with Gasteiger partial charge in [0.1, 0.15) is 28.7 Å². The number of hydrogen-bond donors (Lipinski definition) is 2. The number of nitrogens with zero attached hydrogens (tertiary/aromatic N) is 1. The number of rotatable bonds is 5. The lowest BCUT2D eigenvalue weighted by Gasteiger charge is -2.21. The highest BCUT2D eigenvalue weighted by Crippen LogP contribution is 2.29. The number of aromatic amines is 1. The first kappa shape index (κ1) is 15.1. The maximum Gasteiger partial charge on any atom is 0.144 e. The van der Waals surface area contributed by atoms with Gasteiger partial charge in [0.25, 0.3) is 0 Å². The molecule has 1 unspecified atom stereocenters. The molecule has 1 heterocycles. The van der Waals surface area contributed by atoms with E-state index < -0.39 is 5.60 Å². The van der Waals surface area contributed by atoms with E-state index in [2.05, 4.69) is 9.97 Å². The molecule has 0 aliphatic rings.